The first-order valence-electron chi connectivity index (χ1n) is 10.8. The van der Waals surface area contributed by atoms with Crippen molar-refractivity contribution in [3.8, 4) is 0 Å². The molecule has 1 saturated carbocycles. The van der Waals surface area contributed by atoms with E-state index in [1.54, 1.807) is 6.33 Å². The van der Waals surface area contributed by atoms with E-state index in [1.165, 1.54) is 38.5 Å². The third kappa shape index (κ3) is 8.73. The maximum Gasteiger partial charge on any atom is 0.191 e. The summed E-state index contributed by atoms with van der Waals surface area (Å²) in [5.74, 6) is 1.91. The fourth-order valence-electron chi connectivity index (χ4n) is 3.44. The zero-order valence-electron chi connectivity index (χ0n) is 17.3. The maximum atomic E-state index is 5.98. The summed E-state index contributed by atoms with van der Waals surface area (Å²) >= 11 is 0. The van der Waals surface area contributed by atoms with E-state index in [0.29, 0.717) is 6.10 Å². The van der Waals surface area contributed by atoms with E-state index in [-0.39, 0.29) is 0 Å². The summed E-state index contributed by atoms with van der Waals surface area (Å²) < 4.78 is 8.07. The summed E-state index contributed by atoms with van der Waals surface area (Å²) in [5, 5.41) is 14.8. The van der Waals surface area contributed by atoms with Gasteiger partial charge in [0.15, 0.2) is 5.96 Å². The zero-order valence-corrected chi connectivity index (χ0v) is 17.3. The Morgan fingerprint density at radius 3 is 2.81 bits per heavy atom. The Morgan fingerprint density at radius 2 is 2.04 bits per heavy atom. The lowest BCUT2D eigenvalue weighted by Gasteiger charge is -2.21. The molecule has 0 aromatic carbocycles. The van der Waals surface area contributed by atoms with Gasteiger partial charge in [0.1, 0.15) is 12.2 Å². The van der Waals surface area contributed by atoms with Gasteiger partial charge in [0.05, 0.1) is 6.10 Å². The second kappa shape index (κ2) is 13.5. The number of nitrogens with one attached hydrogen (secondary N) is 2. The molecule has 0 spiro atoms. The third-order valence-corrected chi connectivity index (χ3v) is 4.98. The minimum absolute atomic E-state index is 0.528. The Morgan fingerprint density at radius 1 is 1.19 bits per heavy atom. The third-order valence-electron chi connectivity index (χ3n) is 4.98. The molecule has 2 rings (SSSR count). The van der Waals surface area contributed by atoms with Crippen molar-refractivity contribution in [3.63, 3.8) is 0 Å². The van der Waals surface area contributed by atoms with Crippen LogP contribution in [0.5, 0.6) is 0 Å². The molecule has 27 heavy (non-hydrogen) atoms. The van der Waals surface area contributed by atoms with Crippen LogP contribution in [-0.4, -0.2) is 53.1 Å². The topological polar surface area (TPSA) is 76.4 Å². The van der Waals surface area contributed by atoms with Crippen LogP contribution >= 0.6 is 0 Å². The first-order chi connectivity index (χ1) is 13.3. The number of nitrogens with zero attached hydrogens (tertiary/aromatic N) is 4. The minimum atomic E-state index is 0.528. The molecule has 1 aromatic heterocycles. The molecule has 0 amide bonds. The van der Waals surface area contributed by atoms with Gasteiger partial charge < -0.3 is 19.9 Å². The number of aromatic nitrogens is 3. The van der Waals surface area contributed by atoms with Crippen LogP contribution in [0.2, 0.25) is 0 Å². The highest BCUT2D eigenvalue weighted by Gasteiger charge is 2.12. The maximum absolute atomic E-state index is 5.98. The molecule has 0 atom stereocenters. The number of aryl methyl sites for hydroxylation is 1. The molecule has 1 aliphatic rings. The molecular weight excluding hydrogens is 340 g/mol. The van der Waals surface area contributed by atoms with E-state index >= 15 is 0 Å². The van der Waals surface area contributed by atoms with E-state index in [1.807, 2.05) is 0 Å². The van der Waals surface area contributed by atoms with E-state index in [0.717, 1.165) is 63.8 Å². The molecule has 7 nitrogen and oxygen atoms in total. The molecule has 1 aromatic rings. The number of aliphatic imine (C=N–C) groups is 1. The Hall–Kier alpha value is -1.63. The van der Waals surface area contributed by atoms with Gasteiger partial charge in [-0.15, -0.1) is 10.2 Å². The molecule has 0 saturated heterocycles. The van der Waals surface area contributed by atoms with Crippen LogP contribution in [0.25, 0.3) is 0 Å². The number of ether oxygens (including phenoxy) is 1. The molecule has 0 radical (unpaired) electrons. The van der Waals surface area contributed by atoms with Gasteiger partial charge in [-0.3, -0.25) is 4.99 Å². The summed E-state index contributed by atoms with van der Waals surface area (Å²) in [6.07, 6.45) is 13.2. The Bertz CT molecular complexity index is 524. The van der Waals surface area contributed by atoms with Crippen molar-refractivity contribution in [2.75, 3.05) is 26.2 Å². The summed E-state index contributed by atoms with van der Waals surface area (Å²) in [6.45, 7) is 8.48. The largest absolute Gasteiger partial charge is 0.378 e. The lowest BCUT2D eigenvalue weighted by atomic mass is 9.98. The van der Waals surface area contributed by atoms with Gasteiger partial charge in [0, 0.05) is 39.2 Å². The molecule has 0 bridgehead atoms. The first kappa shape index (κ1) is 21.7. The van der Waals surface area contributed by atoms with Crippen molar-refractivity contribution in [2.45, 2.75) is 84.3 Å². The predicted octanol–water partition coefficient (Wildman–Crippen LogP) is 2.92. The number of hydrogen-bond acceptors (Lipinski definition) is 4. The molecule has 2 N–H and O–H groups in total. The molecule has 0 aliphatic heterocycles. The number of rotatable bonds is 12. The Labute approximate surface area is 164 Å². The summed E-state index contributed by atoms with van der Waals surface area (Å²) in [7, 11) is 0. The van der Waals surface area contributed by atoms with Gasteiger partial charge in [-0.1, -0.05) is 26.2 Å². The van der Waals surface area contributed by atoms with E-state index in [2.05, 4.69) is 44.2 Å². The fourth-order valence-corrected chi connectivity index (χ4v) is 3.44. The van der Waals surface area contributed by atoms with Crippen molar-refractivity contribution in [1.82, 2.24) is 25.4 Å². The predicted molar refractivity (Wildman–Crippen MR) is 110 cm³/mol. The average Bonchev–Trinajstić information content (AvgIpc) is 3.15. The zero-order chi connectivity index (χ0) is 19.2. The van der Waals surface area contributed by atoms with Gasteiger partial charge in [-0.25, -0.2) is 0 Å². The first-order valence-corrected chi connectivity index (χ1v) is 10.8. The quantitative estimate of drug-likeness (QED) is 0.332. The molecule has 154 valence electrons. The van der Waals surface area contributed by atoms with Gasteiger partial charge in [-0.2, -0.15) is 0 Å². The highest BCUT2D eigenvalue weighted by atomic mass is 16.5. The van der Waals surface area contributed by atoms with Crippen molar-refractivity contribution in [3.05, 3.63) is 12.2 Å². The van der Waals surface area contributed by atoms with Crippen LogP contribution in [0, 0.1) is 0 Å². The highest BCUT2D eigenvalue weighted by molar-refractivity contribution is 5.79. The highest BCUT2D eigenvalue weighted by Crippen LogP contribution is 2.20. The van der Waals surface area contributed by atoms with Crippen LogP contribution in [0.1, 0.15) is 71.0 Å². The Kier molecular flexibility index (Phi) is 10.9. The van der Waals surface area contributed by atoms with Gasteiger partial charge in [0.25, 0.3) is 0 Å². The fraction of sp³-hybridized carbons (Fsp3) is 0.850. The van der Waals surface area contributed by atoms with Crippen LogP contribution in [-0.2, 0) is 17.7 Å². The number of guanidine groups is 1. The van der Waals surface area contributed by atoms with Crippen LogP contribution in [0.3, 0.4) is 0 Å². The molecule has 1 aliphatic carbocycles. The van der Waals surface area contributed by atoms with Gasteiger partial charge >= 0.3 is 0 Å². The van der Waals surface area contributed by atoms with Crippen LogP contribution in [0.4, 0.5) is 0 Å². The van der Waals surface area contributed by atoms with Crippen molar-refractivity contribution < 1.29 is 4.74 Å². The van der Waals surface area contributed by atoms with Crippen LogP contribution < -0.4 is 10.6 Å². The summed E-state index contributed by atoms with van der Waals surface area (Å²) in [4.78, 5) is 4.68. The molecule has 1 heterocycles. The van der Waals surface area contributed by atoms with E-state index < -0.39 is 0 Å². The standard InChI is InChI=1S/C20H38N6O/c1-3-19-25-24-17-26(19)15-14-23-20(21-4-2)22-13-9-6-10-16-27-18-11-7-5-8-12-18/h17-18H,3-16H2,1-2H3,(H2,21,22,23). The number of unbranched alkanes of at least 4 members (excludes halogenated alkanes) is 2. The minimum Gasteiger partial charge on any atom is -0.378 e. The second-order valence-corrected chi connectivity index (χ2v) is 7.17. The summed E-state index contributed by atoms with van der Waals surface area (Å²) in [6, 6.07) is 0. The second-order valence-electron chi connectivity index (χ2n) is 7.17. The SMILES string of the molecule is CCNC(=NCCCCCOC1CCCCC1)NCCn1cnnc1CC. The van der Waals surface area contributed by atoms with Crippen molar-refractivity contribution in [1.29, 1.82) is 0 Å². The number of hydrogen-bond donors (Lipinski definition) is 2. The van der Waals surface area contributed by atoms with Gasteiger partial charge in [-0.05, 0) is 39.0 Å². The van der Waals surface area contributed by atoms with Crippen molar-refractivity contribution >= 4 is 5.96 Å². The normalized spacial score (nSPS) is 15.9. The lowest BCUT2D eigenvalue weighted by Crippen LogP contribution is -2.39. The Balaban J connectivity index is 1.55. The molecular formula is C20H38N6O. The smallest absolute Gasteiger partial charge is 0.191 e. The molecule has 1 fully saturated rings. The van der Waals surface area contributed by atoms with Crippen LogP contribution in [0.15, 0.2) is 11.3 Å². The average molecular weight is 379 g/mol. The van der Waals surface area contributed by atoms with Gasteiger partial charge in [0.2, 0.25) is 0 Å². The van der Waals surface area contributed by atoms with Crippen molar-refractivity contribution in [2.24, 2.45) is 4.99 Å². The molecule has 7 heteroatoms. The van der Waals surface area contributed by atoms with E-state index in [9.17, 15) is 0 Å². The van der Waals surface area contributed by atoms with E-state index in [4.69, 9.17) is 4.74 Å². The monoisotopic (exact) mass is 378 g/mol. The lowest BCUT2D eigenvalue weighted by molar-refractivity contribution is 0.0264. The summed E-state index contributed by atoms with van der Waals surface area (Å²) in [5.41, 5.74) is 0. The molecule has 0 unspecified atom stereocenters.